The summed E-state index contributed by atoms with van der Waals surface area (Å²) in [5.41, 5.74) is 1.56. The molecule has 0 N–H and O–H groups in total. The molecule has 8 heteroatoms. The Kier molecular flexibility index (Phi) is 6.65. The number of aromatic nitrogens is 2. The van der Waals surface area contributed by atoms with Gasteiger partial charge in [0.25, 0.3) is 11.1 Å². The van der Waals surface area contributed by atoms with Crippen LogP contribution in [0.15, 0.2) is 58.2 Å². The van der Waals surface area contributed by atoms with Gasteiger partial charge >= 0.3 is 0 Å². The molecule has 0 aliphatic carbocycles. The number of thioether (sulfide) groups is 1. The van der Waals surface area contributed by atoms with Crippen LogP contribution in [0.5, 0.6) is 5.75 Å². The number of carbonyl (C=O) groups excluding carboxylic acids is 1. The van der Waals surface area contributed by atoms with Crippen LogP contribution in [0.2, 0.25) is 0 Å². The van der Waals surface area contributed by atoms with E-state index in [9.17, 15) is 9.18 Å². The van der Waals surface area contributed by atoms with E-state index in [0.717, 1.165) is 23.1 Å². The molecule has 2 aromatic carbocycles. The van der Waals surface area contributed by atoms with Gasteiger partial charge in [0.1, 0.15) is 11.6 Å². The highest BCUT2D eigenvalue weighted by molar-refractivity contribution is 7.99. The maximum atomic E-state index is 13.7. The van der Waals surface area contributed by atoms with Gasteiger partial charge in [0.15, 0.2) is 6.61 Å². The highest BCUT2D eigenvalue weighted by Crippen LogP contribution is 2.19. The number of ether oxygens (including phenoxy) is 1. The van der Waals surface area contributed by atoms with Crippen molar-refractivity contribution in [3.63, 3.8) is 0 Å². The minimum atomic E-state index is -0.329. The third-order valence-electron chi connectivity index (χ3n) is 3.91. The first-order valence-electron chi connectivity index (χ1n) is 8.63. The lowest BCUT2D eigenvalue weighted by atomic mass is 10.2. The SMILES string of the molecule is Cc1cccc(OCc2nnc(SCC(=O)N(C)Cc3ccccc3F)o2)c1. The summed E-state index contributed by atoms with van der Waals surface area (Å²) in [7, 11) is 1.63. The van der Waals surface area contributed by atoms with Crippen LogP contribution in [-0.2, 0) is 17.9 Å². The topological polar surface area (TPSA) is 68.5 Å². The Morgan fingerprint density at radius 2 is 2.04 bits per heavy atom. The zero-order valence-electron chi connectivity index (χ0n) is 15.6. The first-order valence-corrected chi connectivity index (χ1v) is 9.62. The Labute approximate surface area is 166 Å². The Morgan fingerprint density at radius 1 is 1.21 bits per heavy atom. The van der Waals surface area contributed by atoms with Crippen LogP contribution in [-0.4, -0.2) is 33.8 Å². The van der Waals surface area contributed by atoms with Gasteiger partial charge in [-0.3, -0.25) is 4.79 Å². The van der Waals surface area contributed by atoms with Crippen LogP contribution in [0.25, 0.3) is 0 Å². The molecule has 6 nitrogen and oxygen atoms in total. The molecular weight excluding hydrogens is 381 g/mol. The number of nitrogens with zero attached hydrogens (tertiary/aromatic N) is 3. The molecule has 0 radical (unpaired) electrons. The lowest BCUT2D eigenvalue weighted by Crippen LogP contribution is -2.28. The van der Waals surface area contributed by atoms with Crippen LogP contribution < -0.4 is 4.74 Å². The Morgan fingerprint density at radius 3 is 2.82 bits per heavy atom. The van der Waals surface area contributed by atoms with Crippen molar-refractivity contribution in [3.8, 4) is 5.75 Å². The maximum Gasteiger partial charge on any atom is 0.277 e. The fourth-order valence-electron chi connectivity index (χ4n) is 2.41. The van der Waals surface area contributed by atoms with Gasteiger partial charge in [-0.1, -0.05) is 42.1 Å². The van der Waals surface area contributed by atoms with E-state index >= 15 is 0 Å². The van der Waals surface area contributed by atoms with Crippen molar-refractivity contribution in [1.82, 2.24) is 15.1 Å². The van der Waals surface area contributed by atoms with Crippen molar-refractivity contribution in [2.75, 3.05) is 12.8 Å². The molecule has 0 aliphatic rings. The molecule has 0 saturated heterocycles. The van der Waals surface area contributed by atoms with Gasteiger partial charge in [0, 0.05) is 19.2 Å². The largest absolute Gasteiger partial charge is 0.484 e. The minimum absolute atomic E-state index is 0.116. The monoisotopic (exact) mass is 401 g/mol. The molecule has 0 saturated carbocycles. The second-order valence-electron chi connectivity index (χ2n) is 6.20. The second kappa shape index (κ2) is 9.36. The Hall–Kier alpha value is -2.87. The molecule has 0 spiro atoms. The number of benzene rings is 2. The number of carbonyl (C=O) groups is 1. The average molecular weight is 401 g/mol. The number of hydrogen-bond donors (Lipinski definition) is 0. The first-order chi connectivity index (χ1) is 13.5. The highest BCUT2D eigenvalue weighted by atomic mass is 32.2. The number of hydrogen-bond acceptors (Lipinski definition) is 6. The summed E-state index contributed by atoms with van der Waals surface area (Å²) in [4.78, 5) is 13.7. The van der Waals surface area contributed by atoms with Gasteiger partial charge in [-0.2, -0.15) is 0 Å². The third-order valence-corrected chi connectivity index (χ3v) is 4.71. The van der Waals surface area contributed by atoms with Crippen LogP contribution in [0.3, 0.4) is 0 Å². The maximum absolute atomic E-state index is 13.7. The van der Waals surface area contributed by atoms with Gasteiger partial charge < -0.3 is 14.1 Å². The summed E-state index contributed by atoms with van der Waals surface area (Å²) in [6, 6.07) is 14.0. The number of rotatable bonds is 8. The summed E-state index contributed by atoms with van der Waals surface area (Å²) < 4.78 is 24.8. The number of amides is 1. The van der Waals surface area contributed by atoms with Crippen LogP contribution in [0, 0.1) is 12.7 Å². The molecular formula is C20H20FN3O3S. The van der Waals surface area contributed by atoms with Crippen molar-refractivity contribution in [1.29, 1.82) is 0 Å². The summed E-state index contributed by atoms with van der Waals surface area (Å²) >= 11 is 1.14. The van der Waals surface area contributed by atoms with Crippen molar-refractivity contribution in [2.45, 2.75) is 25.3 Å². The van der Waals surface area contributed by atoms with Gasteiger partial charge in [0.05, 0.1) is 5.75 Å². The zero-order chi connectivity index (χ0) is 19.9. The number of aryl methyl sites for hydroxylation is 1. The molecule has 1 aromatic heterocycles. The van der Waals surface area contributed by atoms with Gasteiger partial charge in [0.2, 0.25) is 5.91 Å². The van der Waals surface area contributed by atoms with E-state index in [2.05, 4.69) is 10.2 Å². The van der Waals surface area contributed by atoms with Crippen molar-refractivity contribution < 1.29 is 18.3 Å². The van der Waals surface area contributed by atoms with Gasteiger partial charge in [-0.15, -0.1) is 10.2 Å². The summed E-state index contributed by atoms with van der Waals surface area (Å²) in [5.74, 6) is 0.674. The fraction of sp³-hybridized carbons (Fsp3) is 0.250. The molecule has 0 unspecified atom stereocenters. The van der Waals surface area contributed by atoms with Crippen LogP contribution in [0.1, 0.15) is 17.0 Å². The van der Waals surface area contributed by atoms with Gasteiger partial charge in [-0.05, 0) is 30.7 Å². The quantitative estimate of drug-likeness (QED) is 0.534. The van der Waals surface area contributed by atoms with Crippen molar-refractivity contribution in [2.24, 2.45) is 0 Å². The minimum Gasteiger partial charge on any atom is -0.484 e. The predicted octanol–water partition coefficient (Wildman–Crippen LogP) is 3.85. The van der Waals surface area contributed by atoms with E-state index in [1.54, 1.807) is 25.2 Å². The van der Waals surface area contributed by atoms with Crippen molar-refractivity contribution >= 4 is 17.7 Å². The second-order valence-corrected chi connectivity index (χ2v) is 7.12. The van der Waals surface area contributed by atoms with E-state index < -0.39 is 0 Å². The zero-order valence-corrected chi connectivity index (χ0v) is 16.4. The smallest absolute Gasteiger partial charge is 0.277 e. The summed E-state index contributed by atoms with van der Waals surface area (Å²) in [5, 5.41) is 8.12. The van der Waals surface area contributed by atoms with E-state index in [0.29, 0.717) is 11.5 Å². The fourth-order valence-corrected chi connectivity index (χ4v) is 3.13. The molecule has 3 rings (SSSR count). The number of halogens is 1. The standard InChI is InChI=1S/C20H20FN3O3S/c1-14-6-5-8-16(10-14)26-12-18-22-23-20(27-18)28-13-19(25)24(2)11-15-7-3-4-9-17(15)21/h3-10H,11-13H2,1-2H3. The molecule has 146 valence electrons. The van der Waals surface area contributed by atoms with E-state index in [1.807, 2.05) is 31.2 Å². The molecule has 0 bridgehead atoms. The molecule has 28 heavy (non-hydrogen) atoms. The van der Waals surface area contributed by atoms with Crippen LogP contribution >= 0.6 is 11.8 Å². The molecule has 3 aromatic rings. The summed E-state index contributed by atoms with van der Waals surface area (Å²) in [6.45, 7) is 2.33. The first kappa shape index (κ1) is 19.9. The summed E-state index contributed by atoms with van der Waals surface area (Å²) in [6.07, 6.45) is 0. The van der Waals surface area contributed by atoms with Crippen molar-refractivity contribution in [3.05, 3.63) is 71.4 Å². The molecule has 0 fully saturated rings. The predicted molar refractivity (Wildman–Crippen MR) is 103 cm³/mol. The van der Waals surface area contributed by atoms with E-state index in [-0.39, 0.29) is 35.9 Å². The molecule has 1 heterocycles. The lowest BCUT2D eigenvalue weighted by Gasteiger charge is -2.16. The molecule has 0 atom stereocenters. The average Bonchev–Trinajstić information content (AvgIpc) is 3.14. The lowest BCUT2D eigenvalue weighted by molar-refractivity contribution is -0.127. The Bertz CT molecular complexity index is 948. The van der Waals surface area contributed by atoms with Gasteiger partial charge in [-0.25, -0.2) is 4.39 Å². The van der Waals surface area contributed by atoms with E-state index in [4.69, 9.17) is 9.15 Å². The molecule has 0 aliphatic heterocycles. The van der Waals surface area contributed by atoms with E-state index in [1.165, 1.54) is 11.0 Å². The highest BCUT2D eigenvalue weighted by Gasteiger charge is 2.15. The normalized spacial score (nSPS) is 10.7. The Balaban J connectivity index is 1.47. The van der Waals surface area contributed by atoms with Crippen LogP contribution in [0.4, 0.5) is 4.39 Å². The molecule has 1 amide bonds. The third kappa shape index (κ3) is 5.56.